The smallest absolute Gasteiger partial charge is 0.254 e. The van der Waals surface area contributed by atoms with E-state index in [1.807, 2.05) is 42.5 Å². The van der Waals surface area contributed by atoms with E-state index in [1.54, 1.807) is 17.0 Å². The number of rotatable bonds is 3. The van der Waals surface area contributed by atoms with E-state index in [2.05, 4.69) is 15.9 Å². The molecule has 0 radical (unpaired) electrons. The highest BCUT2D eigenvalue weighted by atomic mass is 79.9. The van der Waals surface area contributed by atoms with Gasteiger partial charge in [0.15, 0.2) is 5.78 Å². The molecule has 22 heavy (non-hydrogen) atoms. The Morgan fingerprint density at radius 2 is 1.64 bits per heavy atom. The maximum absolute atomic E-state index is 12.7. The van der Waals surface area contributed by atoms with Crippen molar-refractivity contribution >= 4 is 27.6 Å². The molecule has 0 bridgehead atoms. The molecule has 1 unspecified atom stereocenters. The maximum Gasteiger partial charge on any atom is 0.254 e. The highest BCUT2D eigenvalue weighted by Gasteiger charge is 2.34. The minimum absolute atomic E-state index is 0.0311. The van der Waals surface area contributed by atoms with E-state index in [0.29, 0.717) is 17.7 Å². The van der Waals surface area contributed by atoms with E-state index in [1.165, 1.54) is 0 Å². The number of amides is 1. The fraction of sp³-hybridized carbons (Fsp3) is 0.222. The molecule has 112 valence electrons. The highest BCUT2D eigenvalue weighted by Crippen LogP contribution is 2.24. The second kappa shape index (κ2) is 6.44. The van der Waals surface area contributed by atoms with Gasteiger partial charge < -0.3 is 4.90 Å². The average molecular weight is 358 g/mol. The topological polar surface area (TPSA) is 37.4 Å². The highest BCUT2D eigenvalue weighted by molar-refractivity contribution is 9.10. The van der Waals surface area contributed by atoms with Crippen molar-refractivity contribution in [2.24, 2.45) is 0 Å². The lowest BCUT2D eigenvalue weighted by Crippen LogP contribution is -2.40. The molecular weight excluding hydrogens is 342 g/mol. The number of hydrogen-bond donors (Lipinski definition) is 0. The van der Waals surface area contributed by atoms with E-state index in [9.17, 15) is 9.59 Å². The quantitative estimate of drug-likeness (QED) is 0.780. The molecule has 2 aromatic rings. The SMILES string of the molecule is O=C(c1ccccc1)C1CCCN1C(=O)c1ccc(Br)cc1. The van der Waals surface area contributed by atoms with Gasteiger partial charge in [-0.15, -0.1) is 0 Å². The molecule has 1 aliphatic heterocycles. The molecule has 1 heterocycles. The first-order valence-electron chi connectivity index (χ1n) is 7.32. The molecule has 1 fully saturated rings. The predicted molar refractivity (Wildman–Crippen MR) is 89.0 cm³/mol. The Morgan fingerprint density at radius 3 is 2.32 bits per heavy atom. The summed E-state index contributed by atoms with van der Waals surface area (Å²) in [7, 11) is 0. The molecule has 0 spiro atoms. The Morgan fingerprint density at radius 1 is 0.955 bits per heavy atom. The fourth-order valence-electron chi connectivity index (χ4n) is 2.84. The lowest BCUT2D eigenvalue weighted by atomic mass is 10.0. The summed E-state index contributed by atoms with van der Waals surface area (Å²) in [5.74, 6) is -0.0390. The van der Waals surface area contributed by atoms with Gasteiger partial charge in [-0.3, -0.25) is 9.59 Å². The van der Waals surface area contributed by atoms with Gasteiger partial charge in [-0.25, -0.2) is 0 Å². The van der Waals surface area contributed by atoms with Gasteiger partial charge in [0.2, 0.25) is 0 Å². The zero-order chi connectivity index (χ0) is 15.5. The van der Waals surface area contributed by atoms with Gasteiger partial charge in [0.05, 0.1) is 6.04 Å². The number of carbonyl (C=O) groups excluding carboxylic acids is 2. The van der Waals surface area contributed by atoms with E-state index in [-0.39, 0.29) is 17.7 Å². The molecule has 4 heteroatoms. The van der Waals surface area contributed by atoms with Crippen LogP contribution in [0.1, 0.15) is 33.6 Å². The largest absolute Gasteiger partial charge is 0.328 e. The standard InChI is InChI=1S/C18H16BrNO2/c19-15-10-8-14(9-11-15)18(22)20-12-4-7-16(20)17(21)13-5-2-1-3-6-13/h1-3,5-6,8-11,16H,4,7,12H2. The molecule has 2 aromatic carbocycles. The number of carbonyl (C=O) groups is 2. The van der Waals surface area contributed by atoms with E-state index in [0.717, 1.165) is 17.3 Å². The lowest BCUT2D eigenvalue weighted by Gasteiger charge is -2.24. The molecule has 0 aliphatic carbocycles. The van der Waals surface area contributed by atoms with Crippen LogP contribution in [0.4, 0.5) is 0 Å². The van der Waals surface area contributed by atoms with Crippen LogP contribution in [0.3, 0.4) is 0 Å². The summed E-state index contributed by atoms with van der Waals surface area (Å²) in [5, 5.41) is 0. The lowest BCUT2D eigenvalue weighted by molar-refractivity contribution is 0.0671. The predicted octanol–water partition coefficient (Wildman–Crippen LogP) is 3.94. The first-order chi connectivity index (χ1) is 10.7. The normalized spacial score (nSPS) is 17.5. The van der Waals surface area contributed by atoms with Crippen LogP contribution in [0.2, 0.25) is 0 Å². The maximum atomic E-state index is 12.7. The molecule has 0 N–H and O–H groups in total. The van der Waals surface area contributed by atoms with Gasteiger partial charge in [0.1, 0.15) is 0 Å². The van der Waals surface area contributed by atoms with Crippen LogP contribution in [0, 0.1) is 0 Å². The Labute approximate surface area is 138 Å². The fourth-order valence-corrected chi connectivity index (χ4v) is 3.10. The molecule has 0 saturated carbocycles. The van der Waals surface area contributed by atoms with Gasteiger partial charge in [0.25, 0.3) is 5.91 Å². The van der Waals surface area contributed by atoms with Crippen molar-refractivity contribution in [1.29, 1.82) is 0 Å². The Balaban J connectivity index is 1.82. The van der Waals surface area contributed by atoms with Crippen LogP contribution in [0.15, 0.2) is 59.1 Å². The van der Waals surface area contributed by atoms with Crippen molar-refractivity contribution in [2.45, 2.75) is 18.9 Å². The number of benzene rings is 2. The average Bonchev–Trinajstić information content (AvgIpc) is 3.04. The third kappa shape index (κ3) is 2.97. The second-order valence-electron chi connectivity index (χ2n) is 5.39. The summed E-state index contributed by atoms with van der Waals surface area (Å²) in [5.41, 5.74) is 1.29. The number of Topliss-reactive ketones (excluding diaryl/α,β-unsaturated/α-hetero) is 1. The third-order valence-electron chi connectivity index (χ3n) is 3.97. The zero-order valence-corrected chi connectivity index (χ0v) is 13.6. The van der Waals surface area contributed by atoms with Crippen LogP contribution in [-0.2, 0) is 0 Å². The summed E-state index contributed by atoms with van der Waals surface area (Å²) in [6.45, 7) is 0.637. The molecule has 3 rings (SSSR count). The molecule has 1 atom stereocenters. The van der Waals surface area contributed by atoms with E-state index in [4.69, 9.17) is 0 Å². The molecule has 0 aromatic heterocycles. The van der Waals surface area contributed by atoms with Gasteiger partial charge in [-0.1, -0.05) is 46.3 Å². The van der Waals surface area contributed by atoms with Crippen molar-refractivity contribution in [3.8, 4) is 0 Å². The molecule has 1 amide bonds. The van der Waals surface area contributed by atoms with Crippen molar-refractivity contribution in [2.75, 3.05) is 6.54 Å². The Bertz CT molecular complexity index is 682. The summed E-state index contributed by atoms with van der Waals surface area (Å²) < 4.78 is 0.933. The number of halogens is 1. The van der Waals surface area contributed by atoms with Crippen molar-refractivity contribution in [3.05, 3.63) is 70.2 Å². The number of ketones is 1. The molecular formula is C18H16BrNO2. The van der Waals surface area contributed by atoms with E-state index >= 15 is 0 Å². The van der Waals surface area contributed by atoms with Crippen LogP contribution >= 0.6 is 15.9 Å². The Kier molecular flexibility index (Phi) is 4.39. The van der Waals surface area contributed by atoms with Crippen LogP contribution < -0.4 is 0 Å². The monoisotopic (exact) mass is 357 g/mol. The first kappa shape index (κ1) is 15.0. The minimum Gasteiger partial charge on any atom is -0.328 e. The minimum atomic E-state index is -0.349. The molecule has 1 saturated heterocycles. The summed E-state index contributed by atoms with van der Waals surface area (Å²) in [6, 6.07) is 16.1. The summed E-state index contributed by atoms with van der Waals surface area (Å²) in [4.78, 5) is 27.0. The molecule has 3 nitrogen and oxygen atoms in total. The first-order valence-corrected chi connectivity index (χ1v) is 8.12. The van der Waals surface area contributed by atoms with Crippen LogP contribution in [0.25, 0.3) is 0 Å². The Hall–Kier alpha value is -1.94. The summed E-state index contributed by atoms with van der Waals surface area (Å²) in [6.07, 6.45) is 1.60. The number of hydrogen-bond acceptors (Lipinski definition) is 2. The van der Waals surface area contributed by atoms with Crippen molar-refractivity contribution in [3.63, 3.8) is 0 Å². The van der Waals surface area contributed by atoms with Gasteiger partial charge in [0, 0.05) is 22.1 Å². The van der Waals surface area contributed by atoms with Crippen LogP contribution in [0.5, 0.6) is 0 Å². The van der Waals surface area contributed by atoms with Gasteiger partial charge in [-0.2, -0.15) is 0 Å². The van der Waals surface area contributed by atoms with E-state index < -0.39 is 0 Å². The van der Waals surface area contributed by atoms with Crippen molar-refractivity contribution < 1.29 is 9.59 Å². The molecule has 1 aliphatic rings. The van der Waals surface area contributed by atoms with Gasteiger partial charge in [-0.05, 0) is 37.1 Å². The number of likely N-dealkylation sites (tertiary alicyclic amines) is 1. The van der Waals surface area contributed by atoms with Crippen molar-refractivity contribution in [1.82, 2.24) is 4.90 Å². The summed E-state index contributed by atoms with van der Waals surface area (Å²) >= 11 is 3.36. The zero-order valence-electron chi connectivity index (χ0n) is 12.0. The second-order valence-corrected chi connectivity index (χ2v) is 6.31. The third-order valence-corrected chi connectivity index (χ3v) is 4.49. The van der Waals surface area contributed by atoms with Gasteiger partial charge >= 0.3 is 0 Å². The number of nitrogens with zero attached hydrogens (tertiary/aromatic N) is 1. The van der Waals surface area contributed by atoms with Crippen LogP contribution in [-0.4, -0.2) is 29.2 Å².